The van der Waals surface area contributed by atoms with Crippen molar-refractivity contribution in [1.82, 2.24) is 25.7 Å². The number of aromatic nitrogens is 2. The first-order chi connectivity index (χ1) is 12.7. The molecule has 1 aromatic heterocycles. The van der Waals surface area contributed by atoms with Gasteiger partial charge in [-0.3, -0.25) is 14.7 Å². The maximum atomic E-state index is 12.4. The van der Waals surface area contributed by atoms with Gasteiger partial charge < -0.3 is 15.5 Å². The van der Waals surface area contributed by atoms with E-state index in [2.05, 4.69) is 20.8 Å². The second-order valence-electron chi connectivity index (χ2n) is 7.43. The summed E-state index contributed by atoms with van der Waals surface area (Å²) >= 11 is 0. The molecule has 2 amide bonds. The molecule has 7 nitrogen and oxygen atoms in total. The molecule has 1 aromatic carbocycles. The van der Waals surface area contributed by atoms with E-state index in [9.17, 15) is 9.59 Å². The number of hydrogen-bond acceptors (Lipinski definition) is 4. The molecule has 0 bridgehead atoms. The number of halogens is 1. The summed E-state index contributed by atoms with van der Waals surface area (Å²) in [7, 11) is 0. The van der Waals surface area contributed by atoms with Crippen LogP contribution in [0.4, 0.5) is 0 Å². The number of para-hydroxylation sites is 1. The Labute approximate surface area is 164 Å². The van der Waals surface area contributed by atoms with Crippen LogP contribution < -0.4 is 10.6 Å². The van der Waals surface area contributed by atoms with E-state index in [1.165, 1.54) is 6.42 Å². The van der Waals surface area contributed by atoms with E-state index >= 15 is 0 Å². The van der Waals surface area contributed by atoms with Gasteiger partial charge in [-0.25, -0.2) is 0 Å². The van der Waals surface area contributed by atoms with E-state index in [1.54, 1.807) is 0 Å². The number of rotatable bonds is 4. The van der Waals surface area contributed by atoms with Crippen LogP contribution in [-0.2, 0) is 4.79 Å². The van der Waals surface area contributed by atoms with Gasteiger partial charge in [0.1, 0.15) is 0 Å². The second-order valence-corrected chi connectivity index (χ2v) is 7.43. The third-order valence-corrected chi connectivity index (χ3v) is 5.82. The van der Waals surface area contributed by atoms with Gasteiger partial charge in [-0.2, -0.15) is 5.10 Å². The topological polar surface area (TPSA) is 90.1 Å². The number of fused-ring (bicyclic) bond motifs is 1. The molecule has 0 saturated carbocycles. The molecule has 0 atom stereocenters. The maximum Gasteiger partial charge on any atom is 0.272 e. The molecule has 3 N–H and O–H groups in total. The molecule has 2 saturated heterocycles. The fraction of sp³-hybridized carbons (Fsp3) is 0.526. The number of hydrogen-bond donors (Lipinski definition) is 3. The quantitative estimate of drug-likeness (QED) is 0.740. The summed E-state index contributed by atoms with van der Waals surface area (Å²) in [5.74, 6) is -0.122. The summed E-state index contributed by atoms with van der Waals surface area (Å²) in [5, 5.41) is 14.0. The predicted octanol–water partition coefficient (Wildman–Crippen LogP) is 1.71. The van der Waals surface area contributed by atoms with Gasteiger partial charge in [0.25, 0.3) is 5.91 Å². The molecule has 4 rings (SSSR count). The normalized spacial score (nSPS) is 18.4. The number of nitrogens with zero attached hydrogens (tertiary/aromatic N) is 2. The molecule has 3 heterocycles. The van der Waals surface area contributed by atoms with Crippen molar-refractivity contribution in [3.8, 4) is 0 Å². The molecule has 2 aromatic rings. The highest BCUT2D eigenvalue weighted by atomic mass is 35.5. The molecular weight excluding hydrogens is 366 g/mol. The van der Waals surface area contributed by atoms with Crippen LogP contribution in [0, 0.1) is 5.41 Å². The Morgan fingerprint density at radius 3 is 2.70 bits per heavy atom. The zero-order valence-corrected chi connectivity index (χ0v) is 16.1. The van der Waals surface area contributed by atoms with Crippen molar-refractivity contribution in [3.63, 3.8) is 0 Å². The highest BCUT2D eigenvalue weighted by Crippen LogP contribution is 2.36. The molecule has 0 unspecified atom stereocenters. The van der Waals surface area contributed by atoms with Crippen molar-refractivity contribution < 1.29 is 9.59 Å². The Bertz CT molecular complexity index is 805. The predicted molar refractivity (Wildman–Crippen MR) is 106 cm³/mol. The van der Waals surface area contributed by atoms with Crippen molar-refractivity contribution in [3.05, 3.63) is 30.0 Å². The first-order valence-corrected chi connectivity index (χ1v) is 9.37. The summed E-state index contributed by atoms with van der Waals surface area (Å²) in [6.45, 7) is 4.18. The van der Waals surface area contributed by atoms with Gasteiger partial charge in [-0.15, -0.1) is 12.4 Å². The third kappa shape index (κ3) is 4.09. The molecule has 0 radical (unpaired) electrons. The number of carbonyl (C=O) groups is 2. The van der Waals surface area contributed by atoms with Crippen molar-refractivity contribution in [2.75, 3.05) is 32.7 Å². The van der Waals surface area contributed by atoms with E-state index < -0.39 is 0 Å². The lowest BCUT2D eigenvalue weighted by Crippen LogP contribution is -2.44. The Hall–Kier alpha value is -2.12. The molecule has 2 fully saturated rings. The van der Waals surface area contributed by atoms with E-state index in [1.807, 2.05) is 29.2 Å². The number of H-pyrrole nitrogens is 1. The monoisotopic (exact) mass is 391 g/mol. The first-order valence-electron chi connectivity index (χ1n) is 9.37. The Kier molecular flexibility index (Phi) is 6.01. The minimum absolute atomic E-state index is 0. The molecule has 2 aliphatic rings. The van der Waals surface area contributed by atoms with Gasteiger partial charge in [-0.1, -0.05) is 18.2 Å². The van der Waals surface area contributed by atoms with Crippen molar-refractivity contribution in [2.45, 2.75) is 25.7 Å². The summed E-state index contributed by atoms with van der Waals surface area (Å²) < 4.78 is 0. The molecule has 2 aliphatic heterocycles. The zero-order chi connectivity index (χ0) is 18.0. The number of likely N-dealkylation sites (tertiary alicyclic amines) is 1. The van der Waals surface area contributed by atoms with Gasteiger partial charge in [0.15, 0.2) is 5.69 Å². The molecule has 0 aliphatic carbocycles. The summed E-state index contributed by atoms with van der Waals surface area (Å²) in [6, 6.07) is 7.51. The largest absolute Gasteiger partial charge is 0.350 e. The smallest absolute Gasteiger partial charge is 0.272 e. The van der Waals surface area contributed by atoms with E-state index in [0.29, 0.717) is 24.1 Å². The van der Waals surface area contributed by atoms with Crippen LogP contribution >= 0.6 is 12.4 Å². The van der Waals surface area contributed by atoms with E-state index in [-0.39, 0.29) is 24.2 Å². The Balaban J connectivity index is 0.00000210. The lowest BCUT2D eigenvalue weighted by molar-refractivity contribution is -0.133. The van der Waals surface area contributed by atoms with Crippen LogP contribution in [0.15, 0.2) is 24.3 Å². The van der Waals surface area contributed by atoms with Crippen LogP contribution in [0.1, 0.15) is 36.2 Å². The van der Waals surface area contributed by atoms with Crippen molar-refractivity contribution in [1.29, 1.82) is 0 Å². The number of piperidine rings is 1. The Morgan fingerprint density at radius 1 is 1.19 bits per heavy atom. The molecule has 8 heteroatoms. The van der Waals surface area contributed by atoms with Gasteiger partial charge >= 0.3 is 0 Å². The highest BCUT2D eigenvalue weighted by Gasteiger charge is 2.37. The second kappa shape index (κ2) is 8.27. The van der Waals surface area contributed by atoms with Gasteiger partial charge in [0.2, 0.25) is 5.91 Å². The lowest BCUT2D eigenvalue weighted by Gasteiger charge is -2.39. The van der Waals surface area contributed by atoms with Gasteiger partial charge in [0, 0.05) is 38.0 Å². The molecule has 146 valence electrons. The number of nitrogens with one attached hydrogen (secondary N) is 3. The van der Waals surface area contributed by atoms with Crippen LogP contribution in [0.5, 0.6) is 0 Å². The van der Waals surface area contributed by atoms with Crippen LogP contribution in [0.25, 0.3) is 10.9 Å². The average molecular weight is 392 g/mol. The number of amides is 2. The lowest BCUT2D eigenvalue weighted by atomic mass is 9.78. The number of aromatic amines is 1. The van der Waals surface area contributed by atoms with Crippen LogP contribution in [0.2, 0.25) is 0 Å². The molecule has 1 spiro atoms. The fourth-order valence-electron chi connectivity index (χ4n) is 4.11. The zero-order valence-electron chi connectivity index (χ0n) is 15.3. The summed E-state index contributed by atoms with van der Waals surface area (Å²) in [5.41, 5.74) is 1.62. The number of benzene rings is 1. The third-order valence-electron chi connectivity index (χ3n) is 5.82. The van der Waals surface area contributed by atoms with Crippen molar-refractivity contribution >= 4 is 35.1 Å². The van der Waals surface area contributed by atoms with E-state index in [4.69, 9.17) is 0 Å². The molecule has 27 heavy (non-hydrogen) atoms. The Morgan fingerprint density at radius 2 is 1.96 bits per heavy atom. The standard InChI is InChI=1S/C19H25N5O2.ClH/c25-16(24-11-7-19(8-12-24)6-10-20-13-19)5-9-21-18(26)17-14-3-1-2-4-15(14)22-23-17;/h1-4,20H,5-13H2,(H,21,26)(H,22,23);1H. The molecular formula is C19H26ClN5O2. The van der Waals surface area contributed by atoms with Gasteiger partial charge in [0.05, 0.1) is 5.52 Å². The first kappa shape index (κ1) is 19.6. The summed E-state index contributed by atoms with van der Waals surface area (Å²) in [6.07, 6.45) is 3.72. The SMILES string of the molecule is Cl.O=C(NCCC(=O)N1CCC2(CCNC2)CC1)c1n[nH]c2ccccc12. The fourth-order valence-corrected chi connectivity index (χ4v) is 4.11. The maximum absolute atomic E-state index is 12.4. The van der Waals surface area contributed by atoms with E-state index in [0.717, 1.165) is 49.9 Å². The highest BCUT2D eigenvalue weighted by molar-refractivity contribution is 6.04. The average Bonchev–Trinajstić information content (AvgIpc) is 3.29. The summed E-state index contributed by atoms with van der Waals surface area (Å²) in [4.78, 5) is 26.7. The minimum atomic E-state index is -0.245. The van der Waals surface area contributed by atoms with Crippen molar-refractivity contribution in [2.24, 2.45) is 5.41 Å². The van der Waals surface area contributed by atoms with Crippen LogP contribution in [0.3, 0.4) is 0 Å². The van der Waals surface area contributed by atoms with Crippen LogP contribution in [-0.4, -0.2) is 59.6 Å². The van der Waals surface area contributed by atoms with Gasteiger partial charge in [-0.05, 0) is 37.3 Å². The number of carbonyl (C=O) groups excluding carboxylic acids is 2. The minimum Gasteiger partial charge on any atom is -0.350 e.